The lowest BCUT2D eigenvalue weighted by Gasteiger charge is -2.31. The van der Waals surface area contributed by atoms with Gasteiger partial charge in [0.25, 0.3) is 0 Å². The summed E-state index contributed by atoms with van der Waals surface area (Å²) in [6, 6.07) is 0. The molecule has 2 heterocycles. The van der Waals surface area contributed by atoms with E-state index in [9.17, 15) is 4.79 Å². The van der Waals surface area contributed by atoms with Crippen molar-refractivity contribution in [1.82, 2.24) is 20.1 Å². The number of amides is 1. The zero-order chi connectivity index (χ0) is 13.8. The summed E-state index contributed by atoms with van der Waals surface area (Å²) < 4.78 is 5.68. The first-order valence-corrected chi connectivity index (χ1v) is 7.81. The number of thioether (sulfide) groups is 1. The second-order valence-electron chi connectivity index (χ2n) is 4.87. The van der Waals surface area contributed by atoms with Crippen LogP contribution in [0.3, 0.4) is 0 Å². The van der Waals surface area contributed by atoms with Crippen molar-refractivity contribution in [3.63, 3.8) is 0 Å². The average molecular weight is 284 g/mol. The molecule has 19 heavy (non-hydrogen) atoms. The summed E-state index contributed by atoms with van der Waals surface area (Å²) in [5.74, 6) is 2.45. The van der Waals surface area contributed by atoms with Crippen LogP contribution in [-0.2, 0) is 9.53 Å². The zero-order valence-electron chi connectivity index (χ0n) is 11.5. The van der Waals surface area contributed by atoms with E-state index in [1.165, 1.54) is 0 Å². The van der Waals surface area contributed by atoms with Crippen molar-refractivity contribution in [3.8, 4) is 0 Å². The van der Waals surface area contributed by atoms with Crippen LogP contribution in [0, 0.1) is 0 Å². The summed E-state index contributed by atoms with van der Waals surface area (Å²) in [4.78, 5) is 18.2. The number of ether oxygens (including phenoxy) is 1. The quantitative estimate of drug-likeness (QED) is 0.899. The molecule has 0 aromatic carbocycles. The van der Waals surface area contributed by atoms with Crippen LogP contribution in [0.4, 0.5) is 0 Å². The van der Waals surface area contributed by atoms with Crippen LogP contribution in [-0.4, -0.2) is 57.7 Å². The highest BCUT2D eigenvalue weighted by molar-refractivity contribution is 7.99. The van der Waals surface area contributed by atoms with Gasteiger partial charge < -0.3 is 9.64 Å². The molecule has 1 atom stereocenters. The van der Waals surface area contributed by atoms with Gasteiger partial charge >= 0.3 is 0 Å². The van der Waals surface area contributed by atoms with Crippen LogP contribution in [0.25, 0.3) is 0 Å². The Morgan fingerprint density at radius 3 is 3.05 bits per heavy atom. The number of aromatic amines is 1. The molecule has 6 nitrogen and oxygen atoms in total. The van der Waals surface area contributed by atoms with Crippen molar-refractivity contribution in [3.05, 3.63) is 11.6 Å². The predicted octanol–water partition coefficient (Wildman–Crippen LogP) is 1.19. The summed E-state index contributed by atoms with van der Waals surface area (Å²) in [6.07, 6.45) is 1.74. The number of nitrogens with zero attached hydrogens (tertiary/aromatic N) is 3. The maximum atomic E-state index is 11.9. The first-order chi connectivity index (χ1) is 9.11. The molecule has 1 N–H and O–H groups in total. The first kappa shape index (κ1) is 14.3. The van der Waals surface area contributed by atoms with Gasteiger partial charge in [-0.15, -0.1) is 0 Å². The molecule has 1 amide bonds. The number of hydrogen-bond acceptors (Lipinski definition) is 5. The fourth-order valence-electron chi connectivity index (χ4n) is 1.95. The highest BCUT2D eigenvalue weighted by atomic mass is 32.2. The van der Waals surface area contributed by atoms with Gasteiger partial charge in [0.15, 0.2) is 11.6 Å². The number of aromatic nitrogens is 3. The lowest BCUT2D eigenvalue weighted by Crippen LogP contribution is -2.43. The van der Waals surface area contributed by atoms with E-state index >= 15 is 0 Å². The Labute approximate surface area is 117 Å². The van der Waals surface area contributed by atoms with Crippen LogP contribution >= 0.6 is 11.8 Å². The molecule has 1 aromatic rings. The summed E-state index contributed by atoms with van der Waals surface area (Å²) in [5, 5.41) is 7.09. The van der Waals surface area contributed by atoms with Crippen LogP contribution in [0.2, 0.25) is 0 Å². The lowest BCUT2D eigenvalue weighted by atomic mass is 10.2. The van der Waals surface area contributed by atoms with Crippen molar-refractivity contribution in [1.29, 1.82) is 0 Å². The van der Waals surface area contributed by atoms with Crippen molar-refractivity contribution in [2.75, 3.05) is 31.7 Å². The van der Waals surface area contributed by atoms with Crippen LogP contribution in [0.1, 0.15) is 37.5 Å². The molecule has 1 aliphatic rings. The molecule has 0 spiro atoms. The van der Waals surface area contributed by atoms with Crippen LogP contribution < -0.4 is 0 Å². The van der Waals surface area contributed by atoms with Gasteiger partial charge in [-0.1, -0.05) is 13.8 Å². The normalized spacial score (nSPS) is 20.0. The molecule has 1 aromatic heterocycles. The molecule has 1 aliphatic heterocycles. The van der Waals surface area contributed by atoms with Crippen molar-refractivity contribution < 1.29 is 9.53 Å². The number of hydrogen-bond donors (Lipinski definition) is 1. The van der Waals surface area contributed by atoms with Gasteiger partial charge in [-0.3, -0.25) is 9.89 Å². The highest BCUT2D eigenvalue weighted by Crippen LogP contribution is 2.21. The Morgan fingerprint density at radius 2 is 2.42 bits per heavy atom. The van der Waals surface area contributed by atoms with E-state index in [-0.39, 0.29) is 17.9 Å². The second-order valence-corrected chi connectivity index (χ2v) is 5.73. The van der Waals surface area contributed by atoms with E-state index in [0.717, 1.165) is 5.82 Å². The smallest absolute Gasteiger partial charge is 0.232 e. The minimum atomic E-state index is -0.195. The molecule has 7 heteroatoms. The third kappa shape index (κ3) is 3.48. The predicted molar refractivity (Wildman–Crippen MR) is 74.1 cm³/mol. The standard InChI is InChI=1S/C12H20N4O2S/c1-8(2)11-13-12(15-14-11)9-6-16(4-5-18-9)10(17)7-19-3/h8-9H,4-7H2,1-3H3,(H,13,14,15)/t9-/m0/s1. The fraction of sp³-hybridized carbons (Fsp3) is 0.750. The van der Waals surface area contributed by atoms with Gasteiger partial charge in [0.1, 0.15) is 6.10 Å². The van der Waals surface area contributed by atoms with E-state index in [2.05, 4.69) is 15.2 Å². The molecular formula is C12H20N4O2S. The number of carbonyl (C=O) groups excluding carboxylic acids is 1. The fourth-order valence-corrected chi connectivity index (χ4v) is 2.38. The number of morpholine rings is 1. The van der Waals surface area contributed by atoms with E-state index < -0.39 is 0 Å². The molecule has 1 fully saturated rings. The first-order valence-electron chi connectivity index (χ1n) is 6.42. The molecule has 106 valence electrons. The van der Waals surface area contributed by atoms with Gasteiger partial charge in [-0.25, -0.2) is 4.98 Å². The number of nitrogens with one attached hydrogen (secondary N) is 1. The van der Waals surface area contributed by atoms with E-state index in [1.807, 2.05) is 25.0 Å². The number of rotatable bonds is 4. The maximum absolute atomic E-state index is 11.9. The zero-order valence-corrected chi connectivity index (χ0v) is 12.4. The van der Waals surface area contributed by atoms with Gasteiger partial charge in [0.2, 0.25) is 5.91 Å². The third-order valence-electron chi connectivity index (χ3n) is 3.03. The topological polar surface area (TPSA) is 71.1 Å². The molecule has 0 bridgehead atoms. The number of H-pyrrole nitrogens is 1. The Balaban J connectivity index is 2.02. The van der Waals surface area contributed by atoms with Crippen molar-refractivity contribution >= 4 is 17.7 Å². The van der Waals surface area contributed by atoms with Gasteiger partial charge in [0, 0.05) is 12.5 Å². The second kappa shape index (κ2) is 6.38. The van der Waals surface area contributed by atoms with Crippen molar-refractivity contribution in [2.45, 2.75) is 25.9 Å². The van der Waals surface area contributed by atoms with Crippen LogP contribution in [0.15, 0.2) is 0 Å². The minimum absolute atomic E-state index is 0.157. The molecule has 2 rings (SSSR count). The Bertz CT molecular complexity index is 435. The Hall–Kier alpha value is -1.08. The SMILES string of the molecule is CSCC(=O)N1CCO[C@H](c2nc(C(C)C)n[nH]2)C1. The molecule has 0 aliphatic carbocycles. The highest BCUT2D eigenvalue weighted by Gasteiger charge is 2.27. The van der Waals surface area contributed by atoms with Crippen molar-refractivity contribution in [2.24, 2.45) is 0 Å². The molecule has 0 saturated carbocycles. The van der Waals surface area contributed by atoms with E-state index in [0.29, 0.717) is 31.3 Å². The summed E-state index contributed by atoms with van der Waals surface area (Å²) in [5.41, 5.74) is 0. The largest absolute Gasteiger partial charge is 0.367 e. The Morgan fingerprint density at radius 1 is 1.63 bits per heavy atom. The van der Waals surface area contributed by atoms with Gasteiger partial charge in [-0.2, -0.15) is 16.9 Å². The summed E-state index contributed by atoms with van der Waals surface area (Å²) >= 11 is 1.54. The summed E-state index contributed by atoms with van der Waals surface area (Å²) in [6.45, 7) is 5.83. The van der Waals surface area contributed by atoms with E-state index in [4.69, 9.17) is 4.74 Å². The average Bonchev–Trinajstić information content (AvgIpc) is 2.89. The van der Waals surface area contributed by atoms with Gasteiger partial charge in [-0.05, 0) is 6.26 Å². The van der Waals surface area contributed by atoms with E-state index in [1.54, 1.807) is 11.8 Å². The third-order valence-corrected chi connectivity index (χ3v) is 3.56. The van der Waals surface area contributed by atoms with Gasteiger partial charge in [0.05, 0.1) is 18.9 Å². The molecule has 0 radical (unpaired) electrons. The van der Waals surface area contributed by atoms with Crippen LogP contribution in [0.5, 0.6) is 0 Å². The minimum Gasteiger partial charge on any atom is -0.367 e. The lowest BCUT2D eigenvalue weighted by molar-refractivity contribution is -0.136. The molecular weight excluding hydrogens is 264 g/mol. The maximum Gasteiger partial charge on any atom is 0.232 e. The summed E-state index contributed by atoms with van der Waals surface area (Å²) in [7, 11) is 0. The molecule has 0 unspecified atom stereocenters. The Kier molecular flexibility index (Phi) is 4.81. The number of carbonyl (C=O) groups is 1. The molecule has 1 saturated heterocycles. The monoisotopic (exact) mass is 284 g/mol.